The number of aromatic nitrogens is 1. The molecule has 0 amide bonds. The van der Waals surface area contributed by atoms with Crippen molar-refractivity contribution in [2.24, 2.45) is 0 Å². The molecule has 0 spiro atoms. The van der Waals surface area contributed by atoms with Crippen LogP contribution in [-0.2, 0) is 6.54 Å². The summed E-state index contributed by atoms with van der Waals surface area (Å²) in [7, 11) is 0. The lowest BCUT2D eigenvalue weighted by atomic mass is 10.3. The number of nitrogens with zero attached hydrogens (tertiary/aromatic N) is 1. The van der Waals surface area contributed by atoms with Gasteiger partial charge in [0.05, 0.1) is 12.2 Å². The van der Waals surface area contributed by atoms with Crippen LogP contribution in [0, 0.1) is 12.7 Å². The third-order valence-electron chi connectivity index (χ3n) is 2.01. The van der Waals surface area contributed by atoms with E-state index in [0.29, 0.717) is 12.2 Å². The van der Waals surface area contributed by atoms with E-state index >= 15 is 0 Å². The molecule has 1 aromatic carbocycles. The molecule has 78 valence electrons. The Hall–Kier alpha value is -1.84. The summed E-state index contributed by atoms with van der Waals surface area (Å²) in [6, 6.07) is 8.34. The molecule has 15 heavy (non-hydrogen) atoms. The van der Waals surface area contributed by atoms with Crippen molar-refractivity contribution in [3.63, 3.8) is 0 Å². The maximum atomic E-state index is 13.2. The zero-order chi connectivity index (χ0) is 10.7. The van der Waals surface area contributed by atoms with E-state index in [4.69, 9.17) is 4.52 Å². The molecule has 0 fully saturated rings. The predicted octanol–water partition coefficient (Wildman–Crippen LogP) is 2.73. The Kier molecular flexibility index (Phi) is 2.67. The third-order valence-corrected chi connectivity index (χ3v) is 2.01. The maximum Gasteiger partial charge on any atom is 0.146 e. The SMILES string of the molecule is Cc1cc(CNc2ccccc2F)no1. The second-order valence-electron chi connectivity index (χ2n) is 3.26. The Bertz CT molecular complexity index is 453. The number of rotatable bonds is 3. The molecule has 0 saturated carbocycles. The van der Waals surface area contributed by atoms with E-state index < -0.39 is 0 Å². The maximum absolute atomic E-state index is 13.2. The van der Waals surface area contributed by atoms with Crippen LogP contribution < -0.4 is 5.32 Å². The molecule has 0 atom stereocenters. The van der Waals surface area contributed by atoms with E-state index in [0.717, 1.165) is 11.5 Å². The molecule has 2 aromatic rings. The zero-order valence-electron chi connectivity index (χ0n) is 8.33. The summed E-state index contributed by atoms with van der Waals surface area (Å²) in [5, 5.41) is 6.75. The number of hydrogen-bond acceptors (Lipinski definition) is 3. The minimum atomic E-state index is -0.266. The van der Waals surface area contributed by atoms with Gasteiger partial charge < -0.3 is 9.84 Å². The quantitative estimate of drug-likeness (QED) is 0.839. The number of benzene rings is 1. The van der Waals surface area contributed by atoms with Crippen molar-refractivity contribution in [2.75, 3.05) is 5.32 Å². The average molecular weight is 206 g/mol. The first-order chi connectivity index (χ1) is 7.25. The summed E-state index contributed by atoms with van der Waals surface area (Å²) in [5.41, 5.74) is 1.23. The largest absolute Gasteiger partial charge is 0.377 e. The molecule has 0 aliphatic heterocycles. The van der Waals surface area contributed by atoms with Gasteiger partial charge in [0.1, 0.15) is 17.3 Å². The van der Waals surface area contributed by atoms with Gasteiger partial charge in [0.2, 0.25) is 0 Å². The van der Waals surface area contributed by atoms with Crippen LogP contribution >= 0.6 is 0 Å². The summed E-state index contributed by atoms with van der Waals surface area (Å²) in [4.78, 5) is 0. The lowest BCUT2D eigenvalue weighted by Crippen LogP contribution is -2.01. The first kappa shape index (κ1) is 9.71. The molecule has 0 aliphatic rings. The molecule has 0 radical (unpaired) electrons. The smallest absolute Gasteiger partial charge is 0.146 e. The monoisotopic (exact) mass is 206 g/mol. The predicted molar refractivity (Wildman–Crippen MR) is 55.0 cm³/mol. The molecule has 1 N–H and O–H groups in total. The summed E-state index contributed by atoms with van der Waals surface area (Å²) < 4.78 is 18.1. The summed E-state index contributed by atoms with van der Waals surface area (Å²) in [6.07, 6.45) is 0. The third kappa shape index (κ3) is 2.34. The number of anilines is 1. The van der Waals surface area contributed by atoms with Crippen LogP contribution in [0.2, 0.25) is 0 Å². The number of para-hydroxylation sites is 1. The molecule has 3 nitrogen and oxygen atoms in total. The number of hydrogen-bond donors (Lipinski definition) is 1. The molecule has 2 rings (SSSR count). The molecular formula is C11H11FN2O. The van der Waals surface area contributed by atoms with E-state index in [-0.39, 0.29) is 5.82 Å². The van der Waals surface area contributed by atoms with Crippen molar-refractivity contribution in [3.8, 4) is 0 Å². The topological polar surface area (TPSA) is 38.1 Å². The lowest BCUT2D eigenvalue weighted by Gasteiger charge is -2.04. The Balaban J connectivity index is 2.02. The van der Waals surface area contributed by atoms with Gasteiger partial charge in [-0.2, -0.15) is 0 Å². The first-order valence-corrected chi connectivity index (χ1v) is 4.66. The van der Waals surface area contributed by atoms with Gasteiger partial charge in [0.25, 0.3) is 0 Å². The molecule has 1 aromatic heterocycles. The van der Waals surface area contributed by atoms with Crippen LogP contribution in [0.15, 0.2) is 34.9 Å². The van der Waals surface area contributed by atoms with Gasteiger partial charge >= 0.3 is 0 Å². The van der Waals surface area contributed by atoms with Gasteiger partial charge in [-0.1, -0.05) is 17.3 Å². The fourth-order valence-electron chi connectivity index (χ4n) is 1.29. The summed E-state index contributed by atoms with van der Waals surface area (Å²) >= 11 is 0. The molecule has 0 saturated heterocycles. The van der Waals surface area contributed by atoms with Gasteiger partial charge in [0.15, 0.2) is 0 Å². The van der Waals surface area contributed by atoms with E-state index in [1.807, 2.05) is 13.0 Å². The van der Waals surface area contributed by atoms with Crippen LogP contribution in [0.3, 0.4) is 0 Å². The lowest BCUT2D eigenvalue weighted by molar-refractivity contribution is 0.391. The van der Waals surface area contributed by atoms with Crippen LogP contribution in [0.1, 0.15) is 11.5 Å². The van der Waals surface area contributed by atoms with Crippen LogP contribution in [0.5, 0.6) is 0 Å². The number of halogens is 1. The first-order valence-electron chi connectivity index (χ1n) is 4.66. The fourth-order valence-corrected chi connectivity index (χ4v) is 1.29. The number of aryl methyl sites for hydroxylation is 1. The zero-order valence-corrected chi connectivity index (χ0v) is 8.33. The second kappa shape index (κ2) is 4.13. The van der Waals surface area contributed by atoms with Gasteiger partial charge in [-0.05, 0) is 19.1 Å². The van der Waals surface area contributed by atoms with Gasteiger partial charge in [0, 0.05) is 6.07 Å². The molecule has 0 aliphatic carbocycles. The van der Waals surface area contributed by atoms with Gasteiger partial charge in [-0.25, -0.2) is 4.39 Å². The molecule has 4 heteroatoms. The van der Waals surface area contributed by atoms with Crippen molar-refractivity contribution in [3.05, 3.63) is 47.6 Å². The van der Waals surface area contributed by atoms with E-state index in [1.54, 1.807) is 18.2 Å². The number of nitrogens with one attached hydrogen (secondary N) is 1. The van der Waals surface area contributed by atoms with E-state index in [2.05, 4.69) is 10.5 Å². The standard InChI is InChI=1S/C11H11FN2O/c1-8-6-9(14-15-8)7-13-11-5-3-2-4-10(11)12/h2-6,13H,7H2,1H3. The molecule has 1 heterocycles. The van der Waals surface area contributed by atoms with Crippen molar-refractivity contribution in [1.82, 2.24) is 5.16 Å². The Morgan fingerprint density at radius 2 is 2.20 bits per heavy atom. The highest BCUT2D eigenvalue weighted by Crippen LogP contribution is 2.13. The summed E-state index contributed by atoms with van der Waals surface area (Å²) in [5.74, 6) is 0.484. The average Bonchev–Trinajstić information content (AvgIpc) is 2.63. The van der Waals surface area contributed by atoms with Crippen molar-refractivity contribution >= 4 is 5.69 Å². The van der Waals surface area contributed by atoms with Crippen LogP contribution in [0.4, 0.5) is 10.1 Å². The normalized spacial score (nSPS) is 10.3. The highest BCUT2D eigenvalue weighted by Gasteiger charge is 2.02. The van der Waals surface area contributed by atoms with Crippen molar-refractivity contribution in [2.45, 2.75) is 13.5 Å². The Labute approximate surface area is 86.9 Å². The van der Waals surface area contributed by atoms with Gasteiger partial charge in [-0.15, -0.1) is 0 Å². The van der Waals surface area contributed by atoms with Crippen LogP contribution in [-0.4, -0.2) is 5.16 Å². The molecule has 0 unspecified atom stereocenters. The fraction of sp³-hybridized carbons (Fsp3) is 0.182. The van der Waals surface area contributed by atoms with Crippen LogP contribution in [0.25, 0.3) is 0 Å². The highest BCUT2D eigenvalue weighted by molar-refractivity contribution is 5.44. The Morgan fingerprint density at radius 3 is 2.87 bits per heavy atom. The minimum Gasteiger partial charge on any atom is -0.377 e. The second-order valence-corrected chi connectivity index (χ2v) is 3.26. The van der Waals surface area contributed by atoms with Gasteiger partial charge in [-0.3, -0.25) is 0 Å². The van der Waals surface area contributed by atoms with Crippen molar-refractivity contribution < 1.29 is 8.91 Å². The Morgan fingerprint density at radius 1 is 1.40 bits per heavy atom. The minimum absolute atomic E-state index is 0.266. The summed E-state index contributed by atoms with van der Waals surface area (Å²) in [6.45, 7) is 2.28. The molecular weight excluding hydrogens is 195 g/mol. The van der Waals surface area contributed by atoms with Crippen molar-refractivity contribution in [1.29, 1.82) is 0 Å². The van der Waals surface area contributed by atoms with E-state index in [1.165, 1.54) is 6.07 Å². The highest BCUT2D eigenvalue weighted by atomic mass is 19.1. The molecule has 0 bridgehead atoms. The van der Waals surface area contributed by atoms with E-state index in [9.17, 15) is 4.39 Å².